The molecule has 1 nitrogen and oxygen atoms in total. The third-order valence-electron chi connectivity index (χ3n) is 6.61. The molecule has 0 aromatic heterocycles. The Morgan fingerprint density at radius 2 is 1.14 bits per heavy atom. The maximum absolute atomic E-state index is 14.7. The summed E-state index contributed by atoms with van der Waals surface area (Å²) in [6, 6.07) is 7.93. The lowest BCUT2D eigenvalue weighted by molar-refractivity contribution is -0.189. The zero-order valence-corrected chi connectivity index (χ0v) is 19.4. The maximum atomic E-state index is 14.7. The molecule has 0 atom stereocenters. The van der Waals surface area contributed by atoms with Gasteiger partial charge in [-0.3, -0.25) is 0 Å². The Morgan fingerprint density at radius 1 is 0.649 bits per heavy atom. The lowest BCUT2D eigenvalue weighted by atomic mass is 9.79. The molecule has 0 heterocycles. The molecule has 1 aliphatic rings. The average molecular weight is 532 g/mol. The van der Waals surface area contributed by atoms with Gasteiger partial charge in [0.05, 0.1) is 0 Å². The lowest BCUT2D eigenvalue weighted by Crippen LogP contribution is -2.25. The van der Waals surface area contributed by atoms with Crippen LogP contribution in [-0.2, 0) is 12.3 Å². The second-order valence-corrected chi connectivity index (χ2v) is 9.27. The Kier molecular flexibility index (Phi) is 7.23. The third-order valence-corrected chi connectivity index (χ3v) is 6.61. The summed E-state index contributed by atoms with van der Waals surface area (Å²) in [6.07, 6.45) is -5.97. The van der Waals surface area contributed by atoms with Crippen molar-refractivity contribution in [3.63, 3.8) is 0 Å². The summed E-state index contributed by atoms with van der Waals surface area (Å²) in [6.45, 7) is 2.20. The van der Waals surface area contributed by atoms with Gasteiger partial charge in [0.1, 0.15) is 40.1 Å². The van der Waals surface area contributed by atoms with Gasteiger partial charge >= 0.3 is 12.3 Å². The minimum atomic E-state index is -5.43. The zero-order chi connectivity index (χ0) is 27.1. The summed E-state index contributed by atoms with van der Waals surface area (Å²) in [4.78, 5) is 0. The van der Waals surface area contributed by atoms with Crippen LogP contribution in [0.15, 0.2) is 48.5 Å². The molecule has 198 valence electrons. The summed E-state index contributed by atoms with van der Waals surface area (Å²) in [5, 5.41) is 0. The van der Waals surface area contributed by atoms with Crippen molar-refractivity contribution in [2.75, 3.05) is 0 Å². The Hall–Kier alpha value is -3.17. The largest absolute Gasteiger partial charge is 0.432 e. The highest BCUT2D eigenvalue weighted by Crippen LogP contribution is 2.41. The Morgan fingerprint density at radius 3 is 1.62 bits per heavy atom. The van der Waals surface area contributed by atoms with Gasteiger partial charge in [0, 0.05) is 12.1 Å². The summed E-state index contributed by atoms with van der Waals surface area (Å²) in [7, 11) is 0. The van der Waals surface area contributed by atoms with E-state index in [0.29, 0.717) is 29.5 Å². The molecule has 10 heteroatoms. The van der Waals surface area contributed by atoms with Crippen LogP contribution < -0.4 is 4.74 Å². The first-order chi connectivity index (χ1) is 17.3. The number of hydrogen-bond donors (Lipinski definition) is 0. The topological polar surface area (TPSA) is 9.23 Å². The van der Waals surface area contributed by atoms with E-state index >= 15 is 0 Å². The predicted molar refractivity (Wildman–Crippen MR) is 118 cm³/mol. The van der Waals surface area contributed by atoms with Crippen LogP contribution in [0, 0.1) is 29.2 Å². The summed E-state index contributed by atoms with van der Waals surface area (Å²) in [5.41, 5.74) is -2.76. The van der Waals surface area contributed by atoms with Crippen LogP contribution in [0.25, 0.3) is 11.1 Å². The highest BCUT2D eigenvalue weighted by Gasteiger charge is 2.43. The van der Waals surface area contributed by atoms with Crippen molar-refractivity contribution in [1.82, 2.24) is 0 Å². The number of rotatable bonds is 5. The fraction of sp³-hybridized carbons (Fsp3) is 0.333. The molecule has 0 radical (unpaired) electrons. The second-order valence-electron chi connectivity index (χ2n) is 9.27. The van der Waals surface area contributed by atoms with Crippen molar-refractivity contribution in [3.05, 3.63) is 88.5 Å². The fourth-order valence-corrected chi connectivity index (χ4v) is 4.64. The molecule has 1 fully saturated rings. The molecule has 37 heavy (non-hydrogen) atoms. The molecule has 3 aromatic rings. The number of hydrogen-bond acceptors (Lipinski definition) is 1. The highest BCUT2D eigenvalue weighted by atomic mass is 19.4. The molecular formula is C27H21F9O. The van der Waals surface area contributed by atoms with Gasteiger partial charge in [-0.05, 0) is 53.5 Å². The van der Waals surface area contributed by atoms with Crippen LogP contribution in [0.3, 0.4) is 0 Å². The second kappa shape index (κ2) is 9.95. The SMILES string of the molecule is CC1CCC(c2ccc(-c3cc(F)c(C(F)(F)Oc4cc(F)c(C(F)(F)F)c(F)c4)c(F)c3)cc2)CC1. The quantitative estimate of drug-likeness (QED) is 0.298. The van der Waals surface area contributed by atoms with Crippen LogP contribution in [-0.4, -0.2) is 0 Å². The van der Waals surface area contributed by atoms with E-state index in [0.717, 1.165) is 31.2 Å². The molecule has 0 unspecified atom stereocenters. The van der Waals surface area contributed by atoms with Gasteiger partial charge in [-0.1, -0.05) is 44.0 Å². The first-order valence-corrected chi connectivity index (χ1v) is 11.5. The monoisotopic (exact) mass is 532 g/mol. The van der Waals surface area contributed by atoms with E-state index in [4.69, 9.17) is 0 Å². The highest BCUT2D eigenvalue weighted by molar-refractivity contribution is 5.64. The summed E-state index contributed by atoms with van der Waals surface area (Å²) >= 11 is 0. The van der Waals surface area contributed by atoms with Gasteiger partial charge in [-0.25, -0.2) is 17.6 Å². The van der Waals surface area contributed by atoms with Crippen molar-refractivity contribution in [1.29, 1.82) is 0 Å². The summed E-state index contributed by atoms with van der Waals surface area (Å²) in [5.74, 6) is -8.21. The zero-order valence-electron chi connectivity index (χ0n) is 19.4. The van der Waals surface area contributed by atoms with E-state index in [2.05, 4.69) is 11.7 Å². The maximum Gasteiger partial charge on any atom is 0.432 e. The van der Waals surface area contributed by atoms with E-state index in [-0.39, 0.29) is 17.7 Å². The van der Waals surface area contributed by atoms with Crippen molar-refractivity contribution < 1.29 is 44.3 Å². The molecule has 0 N–H and O–H groups in total. The number of ether oxygens (including phenoxy) is 1. The van der Waals surface area contributed by atoms with Crippen LogP contribution in [0.2, 0.25) is 0 Å². The molecule has 3 aromatic carbocycles. The number of halogens is 9. The minimum absolute atomic E-state index is 0.0371. The van der Waals surface area contributed by atoms with Gasteiger partial charge in [0.15, 0.2) is 0 Å². The van der Waals surface area contributed by atoms with Gasteiger partial charge in [0.2, 0.25) is 0 Å². The van der Waals surface area contributed by atoms with Crippen molar-refractivity contribution in [3.8, 4) is 16.9 Å². The van der Waals surface area contributed by atoms with Gasteiger partial charge in [0.25, 0.3) is 0 Å². The van der Waals surface area contributed by atoms with E-state index in [1.54, 1.807) is 12.1 Å². The normalized spacial score (nSPS) is 18.6. The van der Waals surface area contributed by atoms with Gasteiger partial charge < -0.3 is 4.74 Å². The molecule has 0 amide bonds. The Labute approximate surface area is 206 Å². The predicted octanol–water partition coefficient (Wildman–Crippen LogP) is 9.35. The van der Waals surface area contributed by atoms with E-state index < -0.39 is 52.4 Å². The van der Waals surface area contributed by atoms with Crippen molar-refractivity contribution >= 4 is 0 Å². The van der Waals surface area contributed by atoms with Crippen LogP contribution in [0.5, 0.6) is 5.75 Å². The average Bonchev–Trinajstić information content (AvgIpc) is 2.77. The number of benzene rings is 3. The molecule has 0 bridgehead atoms. The molecule has 1 saturated carbocycles. The van der Waals surface area contributed by atoms with Crippen LogP contribution >= 0.6 is 0 Å². The van der Waals surface area contributed by atoms with Gasteiger partial charge in [-0.15, -0.1) is 0 Å². The van der Waals surface area contributed by atoms with Crippen LogP contribution in [0.4, 0.5) is 39.5 Å². The Balaban J connectivity index is 1.58. The van der Waals surface area contributed by atoms with Crippen molar-refractivity contribution in [2.24, 2.45) is 5.92 Å². The molecule has 4 rings (SSSR count). The van der Waals surface area contributed by atoms with E-state index in [1.807, 2.05) is 12.1 Å². The minimum Gasteiger partial charge on any atom is -0.429 e. The molecule has 1 aliphatic carbocycles. The molecular weight excluding hydrogens is 511 g/mol. The van der Waals surface area contributed by atoms with Crippen LogP contribution in [0.1, 0.15) is 55.2 Å². The van der Waals surface area contributed by atoms with Crippen molar-refractivity contribution in [2.45, 2.75) is 50.8 Å². The molecule has 0 spiro atoms. The van der Waals surface area contributed by atoms with E-state index in [9.17, 15) is 39.5 Å². The molecule has 0 saturated heterocycles. The number of alkyl halides is 5. The third kappa shape index (κ3) is 5.72. The Bertz CT molecular complexity index is 1230. The standard InChI is InChI=1S/C27H21F9O/c1-14-2-4-15(5-3-14)16-6-8-17(9-7-16)18-10-20(28)25(21(29)11-18)27(35,36)37-19-12-22(30)24(23(31)13-19)26(32,33)34/h6-15H,2-5H2,1H3. The lowest BCUT2D eigenvalue weighted by Gasteiger charge is -2.26. The van der Waals surface area contributed by atoms with Gasteiger partial charge in [-0.2, -0.15) is 22.0 Å². The van der Waals surface area contributed by atoms with E-state index in [1.165, 1.54) is 0 Å². The summed E-state index contributed by atoms with van der Waals surface area (Å²) < 4.78 is 128. The first kappa shape index (κ1) is 26.9. The fourth-order valence-electron chi connectivity index (χ4n) is 4.64. The first-order valence-electron chi connectivity index (χ1n) is 11.5. The molecule has 0 aliphatic heterocycles. The smallest absolute Gasteiger partial charge is 0.429 e.